The first-order valence-corrected chi connectivity index (χ1v) is 11.0. The van der Waals surface area contributed by atoms with Crippen molar-refractivity contribution in [3.8, 4) is 11.3 Å². The zero-order chi connectivity index (χ0) is 21.1. The molecule has 0 spiro atoms. The Bertz CT molecular complexity index is 989. The topological polar surface area (TPSA) is 69.0 Å². The van der Waals surface area contributed by atoms with Crippen LogP contribution in [0.5, 0.6) is 0 Å². The molecule has 1 unspecified atom stereocenters. The summed E-state index contributed by atoms with van der Waals surface area (Å²) in [4.78, 5) is 26.7. The maximum absolute atomic E-state index is 12.7. The van der Waals surface area contributed by atoms with Crippen molar-refractivity contribution < 1.29 is 23.5 Å². The maximum Gasteiger partial charge on any atom is 0.338 e. The number of hydrogen-bond donors (Lipinski definition) is 0. The first kappa shape index (κ1) is 20.8. The number of thioether (sulfide) groups is 1. The summed E-state index contributed by atoms with van der Waals surface area (Å²) in [5, 5.41) is 0. The molecule has 3 heterocycles. The molecule has 1 aromatic heterocycles. The summed E-state index contributed by atoms with van der Waals surface area (Å²) in [6.45, 7) is 3.35. The molecule has 0 saturated carbocycles. The van der Waals surface area contributed by atoms with E-state index >= 15 is 0 Å². The van der Waals surface area contributed by atoms with Gasteiger partial charge in [-0.2, -0.15) is 0 Å². The molecule has 4 rings (SSSR count). The van der Waals surface area contributed by atoms with Crippen LogP contribution < -0.4 is 0 Å². The van der Waals surface area contributed by atoms with E-state index in [2.05, 4.69) is 0 Å². The highest BCUT2D eigenvalue weighted by atomic mass is 32.2. The average Bonchev–Trinajstić information content (AvgIpc) is 3.48. The lowest BCUT2D eigenvalue weighted by atomic mass is 10.1. The highest BCUT2D eigenvalue weighted by Crippen LogP contribution is 2.34. The van der Waals surface area contributed by atoms with E-state index in [1.807, 2.05) is 6.07 Å². The molecule has 156 valence electrons. The third-order valence-electron chi connectivity index (χ3n) is 4.86. The summed E-state index contributed by atoms with van der Waals surface area (Å²) in [6.07, 6.45) is 3.74. The predicted molar refractivity (Wildman–Crippen MR) is 119 cm³/mol. The number of ether oxygens (including phenoxy) is 2. The second-order valence-corrected chi connectivity index (χ2v) is 8.60. The summed E-state index contributed by atoms with van der Waals surface area (Å²) in [5.41, 5.74) is 1.32. The van der Waals surface area contributed by atoms with Crippen LogP contribution in [-0.2, 0) is 14.3 Å². The Morgan fingerprint density at radius 1 is 1.30 bits per heavy atom. The van der Waals surface area contributed by atoms with Crippen molar-refractivity contribution in [1.29, 1.82) is 0 Å². The van der Waals surface area contributed by atoms with E-state index in [4.69, 9.17) is 26.1 Å². The molecule has 1 amide bonds. The van der Waals surface area contributed by atoms with Gasteiger partial charge in [-0.1, -0.05) is 36.1 Å². The van der Waals surface area contributed by atoms with Crippen molar-refractivity contribution >= 4 is 46.3 Å². The Morgan fingerprint density at radius 2 is 2.10 bits per heavy atom. The monoisotopic (exact) mass is 443 g/mol. The van der Waals surface area contributed by atoms with Gasteiger partial charge in [0.05, 0.1) is 29.7 Å². The Labute approximate surface area is 184 Å². The Morgan fingerprint density at radius 3 is 2.80 bits per heavy atom. The van der Waals surface area contributed by atoms with E-state index in [1.165, 1.54) is 11.8 Å². The van der Waals surface area contributed by atoms with Gasteiger partial charge in [0, 0.05) is 18.2 Å². The molecule has 1 atom stereocenters. The van der Waals surface area contributed by atoms with Crippen LogP contribution >= 0.6 is 24.0 Å². The van der Waals surface area contributed by atoms with Crippen LogP contribution in [0.3, 0.4) is 0 Å². The number of carbonyl (C=O) groups is 2. The molecule has 0 N–H and O–H groups in total. The number of benzene rings is 1. The van der Waals surface area contributed by atoms with Gasteiger partial charge in [0.15, 0.2) is 0 Å². The van der Waals surface area contributed by atoms with Crippen LogP contribution in [0.25, 0.3) is 17.4 Å². The summed E-state index contributed by atoms with van der Waals surface area (Å²) >= 11 is 6.66. The Kier molecular flexibility index (Phi) is 6.36. The minimum Gasteiger partial charge on any atom is -0.462 e. The summed E-state index contributed by atoms with van der Waals surface area (Å²) in [7, 11) is 0. The minimum atomic E-state index is -0.353. The van der Waals surface area contributed by atoms with Crippen LogP contribution in [0, 0.1) is 0 Å². The van der Waals surface area contributed by atoms with Gasteiger partial charge in [0.2, 0.25) is 0 Å². The number of carbonyl (C=O) groups excluding carboxylic acids is 2. The molecule has 2 saturated heterocycles. The molecule has 2 aromatic rings. The van der Waals surface area contributed by atoms with Gasteiger partial charge in [0.25, 0.3) is 5.91 Å². The number of hydrogen-bond acceptors (Lipinski definition) is 7. The van der Waals surface area contributed by atoms with Gasteiger partial charge in [-0.3, -0.25) is 9.69 Å². The summed E-state index contributed by atoms with van der Waals surface area (Å²) in [5.74, 6) is 0.745. The Balaban J connectivity index is 1.46. The molecule has 6 nitrogen and oxygen atoms in total. The molecule has 0 bridgehead atoms. The van der Waals surface area contributed by atoms with E-state index in [9.17, 15) is 9.59 Å². The smallest absolute Gasteiger partial charge is 0.338 e. The van der Waals surface area contributed by atoms with E-state index in [0.717, 1.165) is 25.0 Å². The van der Waals surface area contributed by atoms with Crippen molar-refractivity contribution in [3.05, 3.63) is 52.6 Å². The molecular weight excluding hydrogens is 422 g/mol. The lowest BCUT2D eigenvalue weighted by Crippen LogP contribution is -2.35. The quantitative estimate of drug-likeness (QED) is 0.370. The minimum absolute atomic E-state index is 0.0552. The van der Waals surface area contributed by atoms with E-state index in [1.54, 1.807) is 48.2 Å². The molecule has 8 heteroatoms. The molecule has 2 aliphatic rings. The normalized spacial score (nSPS) is 20.4. The standard InChI is InChI=1S/C22H21NO5S2/c1-2-26-21(25)15-7-5-14(6-8-15)18-10-9-16(28-18)12-19-20(24)23(22(29)30-19)13-17-4-3-11-27-17/h5-10,12,17H,2-4,11,13H2,1H3/b19-12-. The largest absolute Gasteiger partial charge is 0.462 e. The van der Waals surface area contributed by atoms with E-state index in [0.29, 0.717) is 39.5 Å². The molecular formula is C22H21NO5S2. The van der Waals surface area contributed by atoms with Crippen molar-refractivity contribution in [1.82, 2.24) is 4.90 Å². The highest BCUT2D eigenvalue weighted by molar-refractivity contribution is 8.26. The predicted octanol–water partition coefficient (Wildman–Crippen LogP) is 4.50. The SMILES string of the molecule is CCOC(=O)c1ccc(-c2ccc(/C=C3\SC(=S)N(CC4CCCO4)C3=O)o2)cc1. The average molecular weight is 444 g/mol. The number of esters is 1. The van der Waals surface area contributed by atoms with Crippen molar-refractivity contribution in [2.24, 2.45) is 0 Å². The first-order valence-electron chi connectivity index (χ1n) is 9.79. The van der Waals surface area contributed by atoms with Gasteiger partial charge in [-0.05, 0) is 44.0 Å². The lowest BCUT2D eigenvalue weighted by molar-refractivity contribution is -0.123. The van der Waals surface area contributed by atoms with Crippen molar-refractivity contribution in [2.45, 2.75) is 25.9 Å². The number of amides is 1. The molecule has 0 radical (unpaired) electrons. The molecule has 30 heavy (non-hydrogen) atoms. The fourth-order valence-corrected chi connectivity index (χ4v) is 4.60. The lowest BCUT2D eigenvalue weighted by Gasteiger charge is -2.18. The van der Waals surface area contributed by atoms with Crippen LogP contribution in [0.15, 0.2) is 45.7 Å². The van der Waals surface area contributed by atoms with Gasteiger partial charge in [0.1, 0.15) is 15.8 Å². The number of thiocarbonyl (C=S) groups is 1. The second-order valence-electron chi connectivity index (χ2n) is 6.93. The number of nitrogens with zero attached hydrogens (tertiary/aromatic N) is 1. The zero-order valence-corrected chi connectivity index (χ0v) is 18.1. The van der Waals surface area contributed by atoms with Crippen molar-refractivity contribution in [3.63, 3.8) is 0 Å². The van der Waals surface area contributed by atoms with Crippen LogP contribution in [0.4, 0.5) is 0 Å². The van der Waals surface area contributed by atoms with Crippen LogP contribution in [0.1, 0.15) is 35.9 Å². The van der Waals surface area contributed by atoms with Gasteiger partial charge >= 0.3 is 5.97 Å². The fourth-order valence-electron chi connectivity index (χ4n) is 3.35. The van der Waals surface area contributed by atoms with E-state index < -0.39 is 0 Å². The summed E-state index contributed by atoms with van der Waals surface area (Å²) in [6, 6.07) is 10.6. The second kappa shape index (κ2) is 9.16. The maximum atomic E-state index is 12.7. The zero-order valence-electron chi connectivity index (χ0n) is 16.5. The molecule has 1 aromatic carbocycles. The van der Waals surface area contributed by atoms with Gasteiger partial charge in [-0.15, -0.1) is 0 Å². The van der Waals surface area contributed by atoms with Crippen LogP contribution in [0.2, 0.25) is 0 Å². The summed E-state index contributed by atoms with van der Waals surface area (Å²) < 4.78 is 17.1. The first-order chi connectivity index (χ1) is 14.5. The third kappa shape index (κ3) is 4.50. The van der Waals surface area contributed by atoms with Crippen molar-refractivity contribution in [2.75, 3.05) is 19.8 Å². The number of furan rings is 1. The molecule has 2 fully saturated rings. The fraction of sp³-hybridized carbons (Fsp3) is 0.318. The number of rotatable bonds is 6. The Hall–Kier alpha value is -2.42. The third-order valence-corrected chi connectivity index (χ3v) is 6.24. The molecule has 0 aliphatic carbocycles. The van der Waals surface area contributed by atoms with Crippen LogP contribution in [-0.4, -0.2) is 47.0 Å². The highest BCUT2D eigenvalue weighted by Gasteiger charge is 2.34. The van der Waals surface area contributed by atoms with Gasteiger partial charge in [-0.25, -0.2) is 4.79 Å². The van der Waals surface area contributed by atoms with E-state index in [-0.39, 0.29) is 18.0 Å². The van der Waals surface area contributed by atoms with Gasteiger partial charge < -0.3 is 13.9 Å². The molecule has 2 aliphatic heterocycles.